The SMILES string of the molecule is OCCCCN1CC[N]CC1. The van der Waals surface area contributed by atoms with Gasteiger partial charge in [0.1, 0.15) is 0 Å². The van der Waals surface area contributed by atoms with Crippen LogP contribution >= 0.6 is 0 Å². The number of hydrogen-bond acceptors (Lipinski definition) is 2. The summed E-state index contributed by atoms with van der Waals surface area (Å²) in [5.41, 5.74) is 0. The van der Waals surface area contributed by atoms with Crippen LogP contribution in [0.2, 0.25) is 0 Å². The van der Waals surface area contributed by atoms with E-state index in [0.717, 1.165) is 45.6 Å². The van der Waals surface area contributed by atoms with Crippen molar-refractivity contribution in [3.8, 4) is 0 Å². The van der Waals surface area contributed by atoms with Gasteiger partial charge in [-0.2, -0.15) is 0 Å². The maximum absolute atomic E-state index is 8.56. The van der Waals surface area contributed by atoms with Gasteiger partial charge in [0.05, 0.1) is 0 Å². The number of aliphatic hydroxyl groups excluding tert-OH is 1. The minimum absolute atomic E-state index is 0.332. The first-order valence-electron chi connectivity index (χ1n) is 4.40. The van der Waals surface area contributed by atoms with Crippen molar-refractivity contribution in [3.63, 3.8) is 0 Å². The van der Waals surface area contributed by atoms with Gasteiger partial charge in [-0.05, 0) is 19.4 Å². The van der Waals surface area contributed by atoms with Crippen LogP contribution in [0, 0.1) is 0 Å². The lowest BCUT2D eigenvalue weighted by Crippen LogP contribution is -2.40. The van der Waals surface area contributed by atoms with Crippen LogP contribution in [0.4, 0.5) is 0 Å². The molecule has 3 nitrogen and oxygen atoms in total. The van der Waals surface area contributed by atoms with E-state index in [1.165, 1.54) is 0 Å². The van der Waals surface area contributed by atoms with Crippen LogP contribution in [0.25, 0.3) is 0 Å². The molecule has 0 aromatic heterocycles. The van der Waals surface area contributed by atoms with Crippen molar-refractivity contribution in [2.45, 2.75) is 12.8 Å². The summed E-state index contributed by atoms with van der Waals surface area (Å²) < 4.78 is 0. The zero-order chi connectivity index (χ0) is 7.94. The van der Waals surface area contributed by atoms with E-state index in [1.807, 2.05) is 0 Å². The molecule has 1 radical (unpaired) electrons. The van der Waals surface area contributed by atoms with Crippen molar-refractivity contribution in [1.82, 2.24) is 10.2 Å². The summed E-state index contributed by atoms with van der Waals surface area (Å²) in [4.78, 5) is 2.42. The number of piperazine rings is 1. The summed E-state index contributed by atoms with van der Waals surface area (Å²) >= 11 is 0. The Morgan fingerprint density at radius 1 is 1.18 bits per heavy atom. The van der Waals surface area contributed by atoms with Gasteiger partial charge in [-0.25, -0.2) is 5.32 Å². The highest BCUT2D eigenvalue weighted by Crippen LogP contribution is 1.96. The maximum Gasteiger partial charge on any atom is 0.0431 e. The van der Waals surface area contributed by atoms with E-state index >= 15 is 0 Å². The Labute approximate surface area is 68.4 Å². The van der Waals surface area contributed by atoms with Crippen LogP contribution < -0.4 is 5.32 Å². The highest BCUT2D eigenvalue weighted by molar-refractivity contribution is 4.66. The molecule has 0 spiro atoms. The number of unbranched alkanes of at least 4 members (excludes halogenated alkanes) is 1. The first kappa shape index (κ1) is 8.97. The first-order valence-corrected chi connectivity index (χ1v) is 4.40. The normalized spacial score (nSPS) is 20.5. The predicted molar refractivity (Wildman–Crippen MR) is 44.6 cm³/mol. The van der Waals surface area contributed by atoms with Gasteiger partial charge in [0, 0.05) is 32.8 Å². The smallest absolute Gasteiger partial charge is 0.0431 e. The van der Waals surface area contributed by atoms with Crippen molar-refractivity contribution in [2.24, 2.45) is 0 Å². The average molecular weight is 157 g/mol. The van der Waals surface area contributed by atoms with E-state index < -0.39 is 0 Å². The van der Waals surface area contributed by atoms with Crippen LogP contribution in [-0.2, 0) is 0 Å². The van der Waals surface area contributed by atoms with Crippen molar-refractivity contribution in [1.29, 1.82) is 0 Å². The van der Waals surface area contributed by atoms with Crippen molar-refractivity contribution in [3.05, 3.63) is 0 Å². The number of aliphatic hydroxyl groups is 1. The highest BCUT2D eigenvalue weighted by atomic mass is 16.2. The van der Waals surface area contributed by atoms with Crippen LogP contribution in [-0.4, -0.2) is 49.3 Å². The minimum Gasteiger partial charge on any atom is -0.396 e. The van der Waals surface area contributed by atoms with Gasteiger partial charge in [0.15, 0.2) is 0 Å². The number of nitrogens with zero attached hydrogens (tertiary/aromatic N) is 2. The largest absolute Gasteiger partial charge is 0.396 e. The van der Waals surface area contributed by atoms with Gasteiger partial charge in [-0.15, -0.1) is 0 Å². The zero-order valence-electron chi connectivity index (χ0n) is 7.00. The van der Waals surface area contributed by atoms with Crippen molar-refractivity contribution in [2.75, 3.05) is 39.3 Å². The average Bonchev–Trinajstić information content (AvgIpc) is 2.07. The van der Waals surface area contributed by atoms with Gasteiger partial charge in [-0.1, -0.05) is 0 Å². The molecule has 0 amide bonds. The Morgan fingerprint density at radius 2 is 1.91 bits per heavy atom. The molecule has 1 rings (SSSR count). The Morgan fingerprint density at radius 3 is 2.55 bits per heavy atom. The monoisotopic (exact) mass is 157 g/mol. The summed E-state index contributed by atoms with van der Waals surface area (Å²) in [7, 11) is 0. The number of rotatable bonds is 4. The molecule has 1 aliphatic rings. The second-order valence-electron chi connectivity index (χ2n) is 2.94. The van der Waals surface area contributed by atoms with Crippen molar-refractivity contribution >= 4 is 0 Å². The van der Waals surface area contributed by atoms with E-state index in [4.69, 9.17) is 5.11 Å². The zero-order valence-corrected chi connectivity index (χ0v) is 7.00. The molecule has 0 atom stereocenters. The Hall–Kier alpha value is -0.120. The molecule has 3 heteroatoms. The number of hydrogen-bond donors (Lipinski definition) is 1. The summed E-state index contributed by atoms with van der Waals surface area (Å²) in [5, 5.41) is 12.8. The predicted octanol–water partition coefficient (Wildman–Crippen LogP) is -0.321. The summed E-state index contributed by atoms with van der Waals surface area (Å²) in [6.07, 6.45) is 2.06. The summed E-state index contributed by atoms with van der Waals surface area (Å²) in [6.45, 7) is 5.70. The minimum atomic E-state index is 0.332. The van der Waals surface area contributed by atoms with Crippen molar-refractivity contribution < 1.29 is 5.11 Å². The van der Waals surface area contributed by atoms with E-state index in [-0.39, 0.29) is 0 Å². The molecular weight excluding hydrogens is 140 g/mol. The van der Waals surface area contributed by atoms with E-state index in [2.05, 4.69) is 10.2 Å². The fourth-order valence-corrected chi connectivity index (χ4v) is 1.32. The fourth-order valence-electron chi connectivity index (χ4n) is 1.32. The lowest BCUT2D eigenvalue weighted by Gasteiger charge is -2.25. The first-order chi connectivity index (χ1) is 5.43. The van der Waals surface area contributed by atoms with Gasteiger partial charge < -0.3 is 10.0 Å². The van der Waals surface area contributed by atoms with Crippen LogP contribution in [0.15, 0.2) is 0 Å². The summed E-state index contributed by atoms with van der Waals surface area (Å²) in [5.74, 6) is 0. The van der Waals surface area contributed by atoms with Gasteiger partial charge in [0.2, 0.25) is 0 Å². The lowest BCUT2D eigenvalue weighted by atomic mass is 10.3. The molecule has 1 aliphatic heterocycles. The molecule has 1 saturated heterocycles. The maximum atomic E-state index is 8.56. The Bertz CT molecular complexity index is 92.1. The van der Waals surface area contributed by atoms with Crippen LogP contribution in [0.5, 0.6) is 0 Å². The van der Waals surface area contributed by atoms with Gasteiger partial charge in [-0.3, -0.25) is 0 Å². The molecular formula is C8H17N2O. The molecule has 0 aromatic rings. The molecule has 0 unspecified atom stereocenters. The summed E-state index contributed by atoms with van der Waals surface area (Å²) in [6, 6.07) is 0. The topological polar surface area (TPSA) is 37.6 Å². The van der Waals surface area contributed by atoms with Crippen LogP contribution in [0.1, 0.15) is 12.8 Å². The van der Waals surface area contributed by atoms with Gasteiger partial charge in [0.25, 0.3) is 0 Å². The highest BCUT2D eigenvalue weighted by Gasteiger charge is 2.08. The molecule has 1 heterocycles. The fraction of sp³-hybridized carbons (Fsp3) is 1.00. The standard InChI is InChI=1S/C8H17N2O/c11-8-2-1-5-10-6-3-9-4-7-10/h11H,1-8H2. The third-order valence-electron chi connectivity index (χ3n) is 2.03. The van der Waals surface area contributed by atoms with E-state index in [0.29, 0.717) is 6.61 Å². The molecule has 1 N–H and O–H groups in total. The Kier molecular flexibility index (Phi) is 4.50. The van der Waals surface area contributed by atoms with E-state index in [9.17, 15) is 0 Å². The third kappa shape index (κ3) is 3.70. The molecule has 11 heavy (non-hydrogen) atoms. The molecule has 1 fully saturated rings. The third-order valence-corrected chi connectivity index (χ3v) is 2.03. The Balaban J connectivity index is 1.96. The van der Waals surface area contributed by atoms with Gasteiger partial charge >= 0.3 is 0 Å². The second-order valence-corrected chi connectivity index (χ2v) is 2.94. The second kappa shape index (κ2) is 5.52. The van der Waals surface area contributed by atoms with Crippen LogP contribution in [0.3, 0.4) is 0 Å². The molecule has 0 bridgehead atoms. The quantitative estimate of drug-likeness (QED) is 0.568. The molecule has 0 aliphatic carbocycles. The van der Waals surface area contributed by atoms with E-state index in [1.54, 1.807) is 0 Å². The molecule has 65 valence electrons. The lowest BCUT2D eigenvalue weighted by molar-refractivity contribution is 0.220. The molecule has 0 saturated carbocycles. The molecule has 0 aromatic carbocycles.